The number of alkyl halides is 5. The van der Waals surface area contributed by atoms with Crippen molar-refractivity contribution < 1.29 is 26.7 Å². The quantitative estimate of drug-likeness (QED) is 0.511. The minimum atomic E-state index is -4.59. The highest BCUT2D eigenvalue weighted by atomic mass is 19.4. The van der Waals surface area contributed by atoms with E-state index in [1.807, 2.05) is 7.05 Å². The van der Waals surface area contributed by atoms with E-state index in [4.69, 9.17) is 0 Å². The Labute approximate surface area is 211 Å². The van der Waals surface area contributed by atoms with Crippen molar-refractivity contribution in [1.82, 2.24) is 19.8 Å². The van der Waals surface area contributed by atoms with Crippen LogP contribution in [-0.4, -0.2) is 59.5 Å². The number of anilines is 1. The van der Waals surface area contributed by atoms with Crippen molar-refractivity contribution in [3.63, 3.8) is 0 Å². The van der Waals surface area contributed by atoms with Crippen LogP contribution in [0.1, 0.15) is 53.0 Å². The number of nitrogens with one attached hydrogen (secondary N) is 2. The van der Waals surface area contributed by atoms with Gasteiger partial charge in [0, 0.05) is 30.5 Å². The molecule has 1 aliphatic carbocycles. The lowest BCUT2D eigenvalue weighted by Crippen LogP contribution is -2.39. The second-order valence-corrected chi connectivity index (χ2v) is 9.94. The standard InChI is InChI=1S/C25H30F5N5O2/c1-15-11-16(12-20(32-15)25(28,29)30)3-8-31-22(37)18-14-35(24(6-7-24)23(26)27)21(36)13-19(18)33-17-4-9-34(2)10-5-17/h11-14,17,23,33H,3-10H2,1-2H3,(H,31,37). The van der Waals surface area contributed by atoms with Gasteiger partial charge in [-0.15, -0.1) is 0 Å². The second kappa shape index (κ2) is 10.4. The summed E-state index contributed by atoms with van der Waals surface area (Å²) in [6.07, 6.45) is -4.22. The Morgan fingerprint density at radius 1 is 1.19 bits per heavy atom. The first-order chi connectivity index (χ1) is 17.4. The van der Waals surface area contributed by atoms with E-state index in [1.165, 1.54) is 25.3 Å². The van der Waals surface area contributed by atoms with Gasteiger partial charge in [-0.3, -0.25) is 9.59 Å². The van der Waals surface area contributed by atoms with Gasteiger partial charge in [0.15, 0.2) is 0 Å². The summed E-state index contributed by atoms with van der Waals surface area (Å²) >= 11 is 0. The first-order valence-corrected chi connectivity index (χ1v) is 12.2. The number of carbonyl (C=O) groups is 1. The number of nitrogens with zero attached hydrogens (tertiary/aromatic N) is 3. The Hall–Kier alpha value is -3.02. The van der Waals surface area contributed by atoms with Crippen molar-refractivity contribution in [2.75, 3.05) is 32.0 Å². The smallest absolute Gasteiger partial charge is 0.381 e. The normalized spacial score (nSPS) is 18.2. The number of carbonyl (C=O) groups excluding carboxylic acids is 1. The third-order valence-corrected chi connectivity index (χ3v) is 7.03. The van der Waals surface area contributed by atoms with Crippen LogP contribution in [0.3, 0.4) is 0 Å². The number of likely N-dealkylation sites (tertiary alicyclic amines) is 1. The lowest BCUT2D eigenvalue weighted by atomic mass is 10.0. The van der Waals surface area contributed by atoms with Gasteiger partial charge >= 0.3 is 6.18 Å². The van der Waals surface area contributed by atoms with Crippen molar-refractivity contribution in [1.29, 1.82) is 0 Å². The van der Waals surface area contributed by atoms with Crippen LogP contribution in [0.2, 0.25) is 0 Å². The van der Waals surface area contributed by atoms with Crippen molar-refractivity contribution in [3.8, 4) is 0 Å². The zero-order chi connectivity index (χ0) is 27.0. The van der Waals surface area contributed by atoms with Gasteiger partial charge in [-0.1, -0.05) is 0 Å². The molecule has 2 aliphatic rings. The number of aromatic nitrogens is 2. The largest absolute Gasteiger partial charge is 0.433 e. The van der Waals surface area contributed by atoms with Crippen LogP contribution in [0.4, 0.5) is 27.6 Å². The Kier molecular flexibility index (Phi) is 7.59. The summed E-state index contributed by atoms with van der Waals surface area (Å²) in [6, 6.07) is 3.64. The van der Waals surface area contributed by atoms with E-state index in [0.717, 1.165) is 36.6 Å². The molecule has 0 bridgehead atoms. The molecule has 1 saturated carbocycles. The average molecular weight is 528 g/mol. The molecule has 1 amide bonds. The lowest BCUT2D eigenvalue weighted by molar-refractivity contribution is -0.141. The predicted molar refractivity (Wildman–Crippen MR) is 128 cm³/mol. The molecule has 2 aromatic heterocycles. The van der Waals surface area contributed by atoms with Crippen LogP contribution >= 0.6 is 0 Å². The molecule has 202 valence electrons. The fourth-order valence-corrected chi connectivity index (χ4v) is 4.69. The third-order valence-electron chi connectivity index (χ3n) is 7.03. The van der Waals surface area contributed by atoms with Crippen LogP contribution in [0, 0.1) is 6.92 Å². The van der Waals surface area contributed by atoms with E-state index >= 15 is 0 Å². The lowest BCUT2D eigenvalue weighted by Gasteiger charge is -2.31. The molecule has 7 nitrogen and oxygen atoms in total. The van der Waals surface area contributed by atoms with Crippen molar-refractivity contribution in [2.24, 2.45) is 0 Å². The molecule has 2 fully saturated rings. The number of piperidine rings is 1. The first kappa shape index (κ1) is 27.0. The monoisotopic (exact) mass is 527 g/mol. The van der Waals surface area contributed by atoms with Crippen LogP contribution in [0.5, 0.6) is 0 Å². The zero-order valence-electron chi connectivity index (χ0n) is 20.7. The number of pyridine rings is 2. The van der Waals surface area contributed by atoms with Crippen molar-refractivity contribution in [2.45, 2.75) is 63.2 Å². The molecule has 0 radical (unpaired) electrons. The summed E-state index contributed by atoms with van der Waals surface area (Å²) in [5.74, 6) is -0.601. The van der Waals surface area contributed by atoms with E-state index < -0.39 is 35.3 Å². The average Bonchev–Trinajstić information content (AvgIpc) is 3.62. The molecular weight excluding hydrogens is 497 g/mol. The molecule has 4 rings (SSSR count). The molecular formula is C25H30F5N5O2. The maximum absolute atomic E-state index is 13.8. The first-order valence-electron chi connectivity index (χ1n) is 12.2. The molecule has 0 aromatic carbocycles. The van der Waals surface area contributed by atoms with Gasteiger partial charge in [-0.2, -0.15) is 13.2 Å². The van der Waals surface area contributed by atoms with Crippen LogP contribution in [0.25, 0.3) is 0 Å². The van der Waals surface area contributed by atoms with Gasteiger partial charge in [0.2, 0.25) is 0 Å². The molecule has 0 spiro atoms. The molecule has 3 heterocycles. The topological polar surface area (TPSA) is 79.3 Å². The molecule has 12 heteroatoms. The molecule has 2 N–H and O–H groups in total. The summed E-state index contributed by atoms with van der Waals surface area (Å²) in [7, 11) is 2.00. The fourth-order valence-electron chi connectivity index (χ4n) is 4.69. The number of hydrogen-bond donors (Lipinski definition) is 2. The summed E-state index contributed by atoms with van der Waals surface area (Å²) in [6.45, 7) is 3.12. The molecule has 1 aliphatic heterocycles. The van der Waals surface area contributed by atoms with Crippen molar-refractivity contribution >= 4 is 11.6 Å². The van der Waals surface area contributed by atoms with E-state index in [2.05, 4.69) is 20.5 Å². The number of aryl methyl sites for hydroxylation is 1. The molecule has 0 atom stereocenters. The Bertz CT molecular complexity index is 1200. The number of rotatable bonds is 8. The van der Waals surface area contributed by atoms with E-state index in [0.29, 0.717) is 5.56 Å². The Morgan fingerprint density at radius 3 is 2.46 bits per heavy atom. The summed E-state index contributed by atoms with van der Waals surface area (Å²) in [5, 5.41) is 5.90. The Balaban J connectivity index is 1.55. The molecule has 37 heavy (non-hydrogen) atoms. The van der Waals surface area contributed by atoms with Gasteiger partial charge < -0.3 is 20.1 Å². The maximum Gasteiger partial charge on any atom is 0.433 e. The van der Waals surface area contributed by atoms with Gasteiger partial charge in [0.1, 0.15) is 11.2 Å². The zero-order valence-corrected chi connectivity index (χ0v) is 20.7. The number of amides is 1. The highest BCUT2D eigenvalue weighted by Gasteiger charge is 2.53. The molecule has 2 aromatic rings. The van der Waals surface area contributed by atoms with E-state index in [-0.39, 0.29) is 48.8 Å². The van der Waals surface area contributed by atoms with E-state index in [1.54, 1.807) is 0 Å². The van der Waals surface area contributed by atoms with E-state index in [9.17, 15) is 31.5 Å². The van der Waals surface area contributed by atoms with Crippen LogP contribution in [-0.2, 0) is 18.1 Å². The van der Waals surface area contributed by atoms with Crippen LogP contribution in [0.15, 0.2) is 29.2 Å². The van der Waals surface area contributed by atoms with Gasteiger partial charge in [0.25, 0.3) is 17.9 Å². The second-order valence-electron chi connectivity index (χ2n) is 9.94. The van der Waals surface area contributed by atoms with Crippen LogP contribution < -0.4 is 16.2 Å². The summed E-state index contributed by atoms with van der Waals surface area (Å²) in [5.41, 5.74) is -2.37. The summed E-state index contributed by atoms with van der Waals surface area (Å²) < 4.78 is 67.7. The third kappa shape index (κ3) is 6.11. The Morgan fingerprint density at radius 2 is 1.86 bits per heavy atom. The van der Waals surface area contributed by atoms with Gasteiger partial charge in [0.05, 0.1) is 11.3 Å². The van der Waals surface area contributed by atoms with Gasteiger partial charge in [-0.05, 0) is 76.9 Å². The minimum Gasteiger partial charge on any atom is -0.381 e. The number of hydrogen-bond acceptors (Lipinski definition) is 5. The summed E-state index contributed by atoms with van der Waals surface area (Å²) in [4.78, 5) is 31.6. The highest BCUT2D eigenvalue weighted by Crippen LogP contribution is 2.48. The minimum absolute atomic E-state index is 0.00330. The van der Waals surface area contributed by atoms with Gasteiger partial charge in [-0.25, -0.2) is 13.8 Å². The molecule has 1 saturated heterocycles. The fraction of sp³-hybridized carbons (Fsp3) is 0.560. The predicted octanol–water partition coefficient (Wildman–Crippen LogP) is 3.80. The molecule has 0 unspecified atom stereocenters. The highest BCUT2D eigenvalue weighted by molar-refractivity contribution is 5.99. The maximum atomic E-state index is 13.8. The number of halogens is 5. The SMILES string of the molecule is Cc1cc(CCNC(=O)c2cn(C3(C(F)F)CC3)c(=O)cc2NC2CCN(C)CC2)cc(C(F)(F)F)n1. The van der Waals surface area contributed by atoms with Crippen molar-refractivity contribution in [3.05, 3.63) is 57.3 Å².